The van der Waals surface area contributed by atoms with E-state index in [1.165, 1.54) is 17.0 Å². The maximum absolute atomic E-state index is 14.7. The molecule has 50 heavy (non-hydrogen) atoms. The summed E-state index contributed by atoms with van der Waals surface area (Å²) in [6, 6.07) is 12.2. The van der Waals surface area contributed by atoms with Crippen molar-refractivity contribution >= 4 is 38.4 Å². The van der Waals surface area contributed by atoms with Gasteiger partial charge in [-0.1, -0.05) is 6.07 Å². The van der Waals surface area contributed by atoms with Crippen molar-refractivity contribution in [1.82, 2.24) is 35.2 Å². The molecule has 1 amide bonds. The third-order valence-corrected chi connectivity index (χ3v) is 9.50. The van der Waals surface area contributed by atoms with Crippen LogP contribution in [0.25, 0.3) is 10.9 Å². The van der Waals surface area contributed by atoms with Crippen LogP contribution in [0, 0.1) is 17.7 Å². The Morgan fingerprint density at radius 1 is 1.02 bits per heavy atom. The number of halogens is 5. The lowest BCUT2D eigenvalue weighted by Crippen LogP contribution is -2.52. The van der Waals surface area contributed by atoms with Gasteiger partial charge in [0.25, 0.3) is 5.91 Å². The number of nitrogens with zero attached hydrogens (tertiary/aromatic N) is 5. The zero-order chi connectivity index (χ0) is 35.2. The molecule has 0 aliphatic carbocycles. The van der Waals surface area contributed by atoms with Gasteiger partial charge in [0.15, 0.2) is 5.69 Å². The van der Waals surface area contributed by atoms with Gasteiger partial charge in [0.2, 0.25) is 0 Å². The maximum Gasteiger partial charge on any atom is 0.432 e. The summed E-state index contributed by atoms with van der Waals surface area (Å²) < 4.78 is 60.3. The minimum absolute atomic E-state index is 0.0530. The van der Waals surface area contributed by atoms with Crippen molar-refractivity contribution in [1.29, 1.82) is 0 Å². The summed E-state index contributed by atoms with van der Waals surface area (Å²) in [5, 5.41) is 34.3. The fourth-order valence-corrected chi connectivity index (χ4v) is 6.74. The third kappa shape index (κ3) is 7.21. The molecule has 2 aromatic carbocycles. The number of aliphatic hydroxyl groups is 1. The van der Waals surface area contributed by atoms with Crippen LogP contribution in [-0.2, 0) is 24.0 Å². The van der Waals surface area contributed by atoms with Crippen molar-refractivity contribution in [2.75, 3.05) is 44.3 Å². The van der Waals surface area contributed by atoms with Crippen LogP contribution in [0.15, 0.2) is 59.3 Å². The number of benzene rings is 2. The number of aliphatic hydroxyl groups excluding tert-OH is 1. The molecule has 2 saturated heterocycles. The molecule has 2 fully saturated rings. The number of carbonyl (C=O) groups is 1. The number of fused-ring (bicyclic) bond motifs is 1. The van der Waals surface area contributed by atoms with E-state index in [1.807, 2.05) is 23.3 Å². The molecule has 5 aromatic rings. The predicted molar refractivity (Wildman–Crippen MR) is 176 cm³/mol. The SMILES string of the molecule is O=C(c1cc(C(F)(F)F)[nH]n1)N(Cc1cc(N2CC(CN(Cc3ccc(O)cc3F)C(O)c3cc(Br)n[nH]3)C2)cc2[nH]ccc12)CC1COC1. The van der Waals surface area contributed by atoms with Crippen molar-refractivity contribution < 1.29 is 37.3 Å². The molecular weight excluding hydrogens is 728 g/mol. The van der Waals surface area contributed by atoms with Gasteiger partial charge in [-0.05, 0) is 51.8 Å². The zero-order valence-electron chi connectivity index (χ0n) is 26.4. The first-order chi connectivity index (χ1) is 23.9. The number of phenolic OH excluding ortho intramolecular Hbond substituents is 1. The molecule has 0 bridgehead atoms. The van der Waals surface area contributed by atoms with Crippen molar-refractivity contribution in [3.63, 3.8) is 0 Å². The molecule has 7 rings (SSSR count). The first-order valence-electron chi connectivity index (χ1n) is 15.9. The van der Waals surface area contributed by atoms with E-state index in [0.29, 0.717) is 55.3 Å². The highest BCUT2D eigenvalue weighted by molar-refractivity contribution is 9.10. The summed E-state index contributed by atoms with van der Waals surface area (Å²) in [6.07, 6.45) is -3.97. The molecule has 2 aliphatic heterocycles. The highest BCUT2D eigenvalue weighted by atomic mass is 79.9. The molecule has 0 spiro atoms. The van der Waals surface area contributed by atoms with Crippen LogP contribution in [0.5, 0.6) is 5.75 Å². The number of H-pyrrole nitrogens is 3. The van der Waals surface area contributed by atoms with Gasteiger partial charge in [-0.2, -0.15) is 23.4 Å². The van der Waals surface area contributed by atoms with Gasteiger partial charge in [-0.25, -0.2) is 4.39 Å². The van der Waals surface area contributed by atoms with Crippen LogP contribution in [0.1, 0.15) is 39.2 Å². The van der Waals surface area contributed by atoms with Crippen LogP contribution < -0.4 is 4.90 Å². The normalized spacial score (nSPS) is 16.2. The van der Waals surface area contributed by atoms with E-state index in [9.17, 15) is 32.6 Å². The summed E-state index contributed by atoms with van der Waals surface area (Å²) >= 11 is 3.28. The highest BCUT2D eigenvalue weighted by Gasteiger charge is 2.36. The predicted octanol–water partition coefficient (Wildman–Crippen LogP) is 5.16. The summed E-state index contributed by atoms with van der Waals surface area (Å²) in [5.74, 6) is -1.24. The summed E-state index contributed by atoms with van der Waals surface area (Å²) in [6.45, 7) is 3.08. The molecule has 1 atom stereocenters. The molecule has 12 nitrogen and oxygen atoms in total. The van der Waals surface area contributed by atoms with Gasteiger partial charge < -0.3 is 29.7 Å². The zero-order valence-corrected chi connectivity index (χ0v) is 28.0. The number of ether oxygens (including phenoxy) is 1. The van der Waals surface area contributed by atoms with Gasteiger partial charge in [0.05, 0.1) is 18.9 Å². The van der Waals surface area contributed by atoms with Crippen LogP contribution in [0.2, 0.25) is 0 Å². The molecule has 3 aromatic heterocycles. The highest BCUT2D eigenvalue weighted by Crippen LogP contribution is 2.34. The fraction of sp³-hybridized carbons (Fsp3) is 0.364. The molecule has 0 radical (unpaired) electrons. The number of hydrogen-bond donors (Lipinski definition) is 5. The maximum atomic E-state index is 14.7. The van der Waals surface area contributed by atoms with Crippen LogP contribution >= 0.6 is 15.9 Å². The number of phenols is 1. The van der Waals surface area contributed by atoms with Crippen molar-refractivity contribution in [2.24, 2.45) is 11.8 Å². The molecule has 1 unspecified atom stereocenters. The van der Waals surface area contributed by atoms with E-state index < -0.39 is 29.8 Å². The van der Waals surface area contributed by atoms with Crippen LogP contribution in [0.3, 0.4) is 0 Å². The van der Waals surface area contributed by atoms with Gasteiger partial charge >= 0.3 is 6.18 Å². The standard InChI is InChI=1S/C33H33BrF4N8O4/c34-30-9-28(41-43-30)32(49)45(14-20-1-2-23(47)7-25(20)35)12-18-10-44(11-18)22-5-21(24-3-4-39-26(24)6-22)15-46(13-19-16-50-17-19)31(48)27-8-29(42-40-27)33(36,37)38/h1-9,18-19,32,39,47,49H,10-17H2,(H,40,42)(H,41,43). The number of amides is 1. The number of carbonyl (C=O) groups excluding carboxylic acids is 1. The lowest BCUT2D eigenvalue weighted by Gasteiger charge is -2.44. The summed E-state index contributed by atoms with van der Waals surface area (Å²) in [7, 11) is 0. The number of nitrogens with one attached hydrogen (secondary N) is 3. The van der Waals surface area contributed by atoms with E-state index >= 15 is 0 Å². The Kier molecular flexibility index (Phi) is 9.32. The Morgan fingerprint density at radius 2 is 1.82 bits per heavy atom. The Balaban J connectivity index is 1.09. The molecule has 2 aliphatic rings. The number of aromatic hydroxyl groups is 1. The number of rotatable bonds is 12. The van der Waals surface area contributed by atoms with Crippen molar-refractivity contribution in [3.8, 4) is 5.75 Å². The molecule has 17 heteroatoms. The van der Waals surface area contributed by atoms with E-state index in [2.05, 4.69) is 41.1 Å². The number of hydrogen-bond acceptors (Lipinski definition) is 8. The Hall–Kier alpha value is -4.45. The van der Waals surface area contributed by atoms with E-state index in [0.717, 1.165) is 34.3 Å². The van der Waals surface area contributed by atoms with E-state index in [4.69, 9.17) is 4.74 Å². The van der Waals surface area contributed by atoms with Crippen LogP contribution in [0.4, 0.5) is 23.2 Å². The quantitative estimate of drug-likeness (QED) is 0.0866. The Labute approximate surface area is 291 Å². The fourth-order valence-electron chi connectivity index (χ4n) is 6.41. The minimum atomic E-state index is -4.66. The smallest absolute Gasteiger partial charge is 0.432 e. The lowest BCUT2D eigenvalue weighted by atomic mass is 9.96. The average molecular weight is 762 g/mol. The first-order valence-corrected chi connectivity index (χ1v) is 16.7. The second kappa shape index (κ2) is 13.7. The molecular formula is C33H33BrF4N8O4. The largest absolute Gasteiger partial charge is 0.508 e. The summed E-state index contributed by atoms with van der Waals surface area (Å²) in [5.41, 5.74) is 1.88. The Bertz CT molecular complexity index is 1990. The topological polar surface area (TPSA) is 150 Å². The van der Waals surface area contributed by atoms with E-state index in [1.54, 1.807) is 17.2 Å². The second-order valence-electron chi connectivity index (χ2n) is 12.8. The van der Waals surface area contributed by atoms with Gasteiger partial charge in [-0.15, -0.1) is 0 Å². The van der Waals surface area contributed by atoms with Gasteiger partial charge in [0, 0.05) is 91.6 Å². The third-order valence-electron chi connectivity index (χ3n) is 9.09. The second-order valence-corrected chi connectivity index (χ2v) is 13.6. The van der Waals surface area contributed by atoms with Crippen molar-refractivity contribution in [3.05, 3.63) is 93.4 Å². The summed E-state index contributed by atoms with van der Waals surface area (Å²) in [4.78, 5) is 22.2. The Morgan fingerprint density at radius 3 is 2.48 bits per heavy atom. The molecule has 5 heterocycles. The van der Waals surface area contributed by atoms with Gasteiger partial charge in [0.1, 0.15) is 28.1 Å². The number of alkyl halides is 3. The van der Waals surface area contributed by atoms with Gasteiger partial charge in [-0.3, -0.25) is 19.9 Å². The van der Waals surface area contributed by atoms with Crippen LogP contribution in [-0.4, -0.2) is 90.7 Å². The lowest BCUT2D eigenvalue weighted by molar-refractivity contribution is -0.141. The number of anilines is 1. The first kappa shape index (κ1) is 34.0. The minimum Gasteiger partial charge on any atom is -0.508 e. The van der Waals surface area contributed by atoms with E-state index in [-0.39, 0.29) is 36.4 Å². The molecule has 0 saturated carbocycles. The monoisotopic (exact) mass is 760 g/mol. The average Bonchev–Trinajstić information content (AvgIpc) is 3.80. The van der Waals surface area contributed by atoms with Crippen molar-refractivity contribution in [2.45, 2.75) is 25.5 Å². The number of aromatic amines is 3. The molecule has 264 valence electrons. The molecule has 5 N–H and O–H groups in total. The number of aromatic nitrogens is 5.